The van der Waals surface area contributed by atoms with Crippen molar-refractivity contribution in [2.45, 2.75) is 0 Å². The molecule has 0 aliphatic rings. The van der Waals surface area contributed by atoms with Crippen molar-refractivity contribution in [3.8, 4) is 12.3 Å². The molecule has 68 valence electrons. The van der Waals surface area contributed by atoms with Gasteiger partial charge in [-0.15, -0.1) is 6.42 Å². The molecule has 0 saturated carbocycles. The summed E-state index contributed by atoms with van der Waals surface area (Å²) in [5.74, 6) is -5.21. The van der Waals surface area contributed by atoms with Crippen LogP contribution in [0.1, 0.15) is 5.56 Å². The number of halogens is 5. The van der Waals surface area contributed by atoms with E-state index in [-0.39, 0.29) is 0 Å². The van der Waals surface area contributed by atoms with E-state index in [0.717, 1.165) is 0 Å². The minimum Gasteiger partial charge on any atom is -0.202 e. The summed E-state index contributed by atoms with van der Waals surface area (Å²) in [6.07, 6.45) is 4.63. The third-order valence-corrected chi connectivity index (χ3v) is 1.69. The van der Waals surface area contributed by atoms with Crippen molar-refractivity contribution in [1.29, 1.82) is 0 Å². The van der Waals surface area contributed by atoms with E-state index in [0.29, 0.717) is 0 Å². The van der Waals surface area contributed by atoms with Crippen molar-refractivity contribution in [2.75, 3.05) is 0 Å². The van der Waals surface area contributed by atoms with Crippen LogP contribution in [-0.2, 0) is 0 Å². The van der Waals surface area contributed by atoms with Crippen molar-refractivity contribution in [3.05, 3.63) is 33.9 Å². The predicted molar refractivity (Wildman–Crippen MR) is 39.2 cm³/mol. The van der Waals surface area contributed by atoms with Crippen LogP contribution in [0.5, 0.6) is 0 Å². The van der Waals surface area contributed by atoms with Crippen molar-refractivity contribution >= 4 is 11.6 Å². The van der Waals surface area contributed by atoms with Gasteiger partial charge in [0.1, 0.15) is 10.6 Å². The Bertz CT molecular complexity index is 377. The maximum absolute atomic E-state index is 12.7. The first kappa shape index (κ1) is 9.87. The number of terminal acetylenes is 1. The van der Waals surface area contributed by atoms with E-state index in [4.69, 9.17) is 11.6 Å². The fraction of sp³-hybridized carbons (Fsp3) is 0. The van der Waals surface area contributed by atoms with E-state index < -0.39 is 33.9 Å². The van der Waals surface area contributed by atoms with Crippen LogP contribution in [0.25, 0.3) is 0 Å². The van der Waals surface area contributed by atoms with Crippen LogP contribution in [-0.4, -0.2) is 0 Å². The first-order valence-corrected chi connectivity index (χ1v) is 3.36. The molecule has 0 nitrogen and oxygen atoms in total. The molecule has 13 heavy (non-hydrogen) atoms. The zero-order valence-electron chi connectivity index (χ0n) is 5.97. The maximum atomic E-state index is 12.7. The summed E-state index contributed by atoms with van der Waals surface area (Å²) in [7, 11) is 0. The Labute approximate surface area is 76.1 Å². The predicted octanol–water partition coefficient (Wildman–Crippen LogP) is 2.88. The highest BCUT2D eigenvalue weighted by atomic mass is 35.5. The van der Waals surface area contributed by atoms with Crippen LogP contribution in [0, 0.1) is 35.6 Å². The average Bonchev–Trinajstić information content (AvgIpc) is 2.13. The minimum atomic E-state index is -1.69. The third kappa shape index (κ3) is 1.36. The Morgan fingerprint density at radius 3 is 1.62 bits per heavy atom. The molecule has 0 bridgehead atoms. The molecule has 0 aliphatic carbocycles. The Balaban J connectivity index is 3.69. The van der Waals surface area contributed by atoms with Gasteiger partial charge in [-0.2, -0.15) is 0 Å². The van der Waals surface area contributed by atoms with Crippen LogP contribution < -0.4 is 0 Å². The third-order valence-electron chi connectivity index (χ3n) is 1.35. The second-order valence-corrected chi connectivity index (χ2v) is 2.47. The first-order chi connectivity index (χ1) is 6.00. The summed E-state index contributed by atoms with van der Waals surface area (Å²) in [6, 6.07) is 0. The lowest BCUT2D eigenvalue weighted by molar-refractivity contribution is 0.451. The SMILES string of the molecule is C#Cc1c(F)c(F)c(Cl)c(F)c1F. The lowest BCUT2D eigenvalue weighted by atomic mass is 10.2. The van der Waals surface area contributed by atoms with Gasteiger partial charge in [-0.1, -0.05) is 17.5 Å². The molecule has 0 N–H and O–H groups in total. The van der Waals surface area contributed by atoms with Gasteiger partial charge in [-0.25, -0.2) is 17.6 Å². The van der Waals surface area contributed by atoms with Gasteiger partial charge in [0.2, 0.25) is 0 Å². The smallest absolute Gasteiger partial charge is 0.181 e. The monoisotopic (exact) mass is 208 g/mol. The summed E-state index contributed by atoms with van der Waals surface area (Å²) >= 11 is 4.92. The molecular formula is C8HClF4. The number of hydrogen-bond donors (Lipinski definition) is 0. The lowest BCUT2D eigenvalue weighted by Crippen LogP contribution is -2.00. The van der Waals surface area contributed by atoms with Crippen molar-refractivity contribution in [2.24, 2.45) is 0 Å². The molecule has 1 aromatic rings. The molecule has 0 radical (unpaired) electrons. The number of rotatable bonds is 0. The van der Waals surface area contributed by atoms with Crippen LogP contribution in [0.2, 0.25) is 5.02 Å². The van der Waals surface area contributed by atoms with Gasteiger partial charge >= 0.3 is 0 Å². The highest BCUT2D eigenvalue weighted by molar-refractivity contribution is 6.30. The minimum absolute atomic E-state index is 1.10. The van der Waals surface area contributed by atoms with Gasteiger partial charge in [-0.3, -0.25) is 0 Å². The normalized spacial score (nSPS) is 9.85. The molecule has 0 unspecified atom stereocenters. The second-order valence-electron chi connectivity index (χ2n) is 2.09. The van der Waals surface area contributed by atoms with Gasteiger partial charge in [0.05, 0.1) is 0 Å². The summed E-state index contributed by atoms with van der Waals surface area (Å²) in [4.78, 5) is 0. The Morgan fingerprint density at radius 1 is 0.923 bits per heavy atom. The van der Waals surface area contributed by atoms with E-state index >= 15 is 0 Å². The molecule has 0 atom stereocenters. The van der Waals surface area contributed by atoms with Gasteiger partial charge in [0.25, 0.3) is 0 Å². The average molecular weight is 209 g/mol. The number of hydrogen-bond acceptors (Lipinski definition) is 0. The van der Waals surface area contributed by atoms with E-state index in [1.807, 2.05) is 0 Å². The Kier molecular flexibility index (Phi) is 2.48. The van der Waals surface area contributed by atoms with Gasteiger partial charge in [0, 0.05) is 0 Å². The highest BCUT2D eigenvalue weighted by Gasteiger charge is 2.22. The first-order valence-electron chi connectivity index (χ1n) is 2.98. The van der Waals surface area contributed by atoms with Crippen LogP contribution in [0.4, 0.5) is 17.6 Å². The van der Waals surface area contributed by atoms with Crippen LogP contribution in [0.3, 0.4) is 0 Å². The summed E-state index contributed by atoms with van der Waals surface area (Å²) in [5, 5.41) is -1.24. The molecule has 5 heteroatoms. The van der Waals surface area contributed by atoms with Gasteiger partial charge < -0.3 is 0 Å². The fourth-order valence-corrected chi connectivity index (χ4v) is 0.898. The lowest BCUT2D eigenvalue weighted by Gasteiger charge is -2.02. The zero-order valence-corrected chi connectivity index (χ0v) is 6.72. The second kappa shape index (κ2) is 3.27. The molecular weight excluding hydrogens is 208 g/mol. The van der Waals surface area contributed by atoms with E-state index in [1.165, 1.54) is 5.92 Å². The number of benzene rings is 1. The van der Waals surface area contributed by atoms with Gasteiger partial charge in [-0.05, 0) is 0 Å². The summed E-state index contributed by atoms with van der Waals surface area (Å²) in [6.45, 7) is 0. The summed E-state index contributed by atoms with van der Waals surface area (Å²) < 4.78 is 50.6. The van der Waals surface area contributed by atoms with Crippen LogP contribution in [0.15, 0.2) is 0 Å². The molecule has 0 heterocycles. The zero-order chi connectivity index (χ0) is 10.2. The molecule has 0 fully saturated rings. The molecule has 0 aliphatic heterocycles. The fourth-order valence-electron chi connectivity index (χ4n) is 0.732. The Morgan fingerprint density at radius 2 is 1.31 bits per heavy atom. The van der Waals surface area contributed by atoms with Gasteiger partial charge in [0.15, 0.2) is 23.3 Å². The quantitative estimate of drug-likeness (QED) is 0.266. The molecule has 1 rings (SSSR count). The largest absolute Gasteiger partial charge is 0.202 e. The molecule has 1 aromatic carbocycles. The topological polar surface area (TPSA) is 0 Å². The van der Waals surface area contributed by atoms with Crippen LogP contribution >= 0.6 is 11.6 Å². The molecule has 0 aromatic heterocycles. The molecule has 0 amide bonds. The molecule has 0 spiro atoms. The van der Waals surface area contributed by atoms with Crippen molar-refractivity contribution in [3.63, 3.8) is 0 Å². The summed E-state index contributed by atoms with van der Waals surface area (Å²) in [5.41, 5.74) is -1.10. The maximum Gasteiger partial charge on any atom is 0.181 e. The van der Waals surface area contributed by atoms with E-state index in [1.54, 1.807) is 0 Å². The van der Waals surface area contributed by atoms with Crippen molar-refractivity contribution in [1.82, 2.24) is 0 Å². The standard InChI is InChI=1S/C8HClF4/c1-2-3-5(10)7(12)4(9)8(13)6(3)11/h1H. The van der Waals surface area contributed by atoms with E-state index in [9.17, 15) is 17.6 Å². The van der Waals surface area contributed by atoms with Crippen molar-refractivity contribution < 1.29 is 17.6 Å². The highest BCUT2D eigenvalue weighted by Crippen LogP contribution is 2.26. The van der Waals surface area contributed by atoms with E-state index in [2.05, 4.69) is 6.42 Å². The molecule has 0 saturated heterocycles. The Hall–Kier alpha value is -1.21.